The van der Waals surface area contributed by atoms with Crippen molar-refractivity contribution in [2.45, 2.75) is 19.5 Å². The second-order valence-corrected chi connectivity index (χ2v) is 3.91. The molecule has 0 spiro atoms. The summed E-state index contributed by atoms with van der Waals surface area (Å²) in [6.45, 7) is 1.92. The summed E-state index contributed by atoms with van der Waals surface area (Å²) in [6, 6.07) is 5.03. The highest BCUT2D eigenvalue weighted by molar-refractivity contribution is 5.56. The van der Waals surface area contributed by atoms with Crippen molar-refractivity contribution in [3.05, 3.63) is 35.7 Å². The van der Waals surface area contributed by atoms with Crippen molar-refractivity contribution in [3.8, 4) is 11.4 Å². The normalized spacial score (nSPS) is 11.8. The van der Waals surface area contributed by atoms with E-state index in [1.807, 2.05) is 6.92 Å². The van der Waals surface area contributed by atoms with Crippen LogP contribution in [0.2, 0.25) is 0 Å². The van der Waals surface area contributed by atoms with Crippen LogP contribution in [-0.2, 0) is 19.6 Å². The van der Waals surface area contributed by atoms with Gasteiger partial charge in [-0.25, -0.2) is 4.98 Å². The second-order valence-electron chi connectivity index (χ2n) is 3.91. The number of aromatic nitrogens is 3. The Morgan fingerprint density at radius 1 is 1.28 bits per heavy atom. The fourth-order valence-electron chi connectivity index (χ4n) is 1.68. The first kappa shape index (κ1) is 12.6. The maximum atomic E-state index is 12.6. The van der Waals surface area contributed by atoms with E-state index < -0.39 is 11.7 Å². The summed E-state index contributed by atoms with van der Waals surface area (Å²) in [4.78, 5) is 4.21. The fraction of sp³-hybridized carbons (Fsp3) is 0.333. The van der Waals surface area contributed by atoms with Gasteiger partial charge in [-0.2, -0.15) is 18.3 Å². The molecule has 2 rings (SSSR count). The highest BCUT2D eigenvalue weighted by Crippen LogP contribution is 2.31. The van der Waals surface area contributed by atoms with Crippen molar-refractivity contribution in [2.75, 3.05) is 0 Å². The summed E-state index contributed by atoms with van der Waals surface area (Å²) in [5, 5.41) is 4.11. The van der Waals surface area contributed by atoms with Crippen LogP contribution in [0.15, 0.2) is 24.3 Å². The van der Waals surface area contributed by atoms with Gasteiger partial charge in [-0.3, -0.25) is 4.68 Å². The largest absolute Gasteiger partial charge is 0.416 e. The topological polar surface area (TPSA) is 30.7 Å². The van der Waals surface area contributed by atoms with Crippen LogP contribution in [-0.4, -0.2) is 14.8 Å². The van der Waals surface area contributed by atoms with E-state index in [-0.39, 0.29) is 0 Å². The average molecular weight is 255 g/mol. The number of alkyl halides is 3. The van der Waals surface area contributed by atoms with Crippen molar-refractivity contribution in [1.29, 1.82) is 0 Å². The third-order valence-electron chi connectivity index (χ3n) is 2.62. The Hall–Kier alpha value is -1.85. The molecule has 0 amide bonds. The third kappa shape index (κ3) is 2.37. The van der Waals surface area contributed by atoms with Gasteiger partial charge < -0.3 is 0 Å². The minimum Gasteiger partial charge on any atom is -0.253 e. The van der Waals surface area contributed by atoms with Gasteiger partial charge in [0.05, 0.1) is 5.56 Å². The lowest BCUT2D eigenvalue weighted by atomic mass is 10.1. The fourth-order valence-corrected chi connectivity index (χ4v) is 1.68. The Morgan fingerprint density at radius 2 is 2.00 bits per heavy atom. The molecular formula is C12H12F3N3. The average Bonchev–Trinajstić information content (AvgIpc) is 2.70. The van der Waals surface area contributed by atoms with Gasteiger partial charge in [0.15, 0.2) is 5.82 Å². The van der Waals surface area contributed by atoms with E-state index >= 15 is 0 Å². The zero-order valence-corrected chi connectivity index (χ0v) is 9.99. The number of hydrogen-bond donors (Lipinski definition) is 0. The Balaban J connectivity index is 2.44. The molecule has 0 N–H and O–H groups in total. The number of hydrogen-bond acceptors (Lipinski definition) is 2. The Bertz CT molecular complexity index is 558. The van der Waals surface area contributed by atoms with Gasteiger partial charge in [-0.05, 0) is 12.1 Å². The van der Waals surface area contributed by atoms with Crippen molar-refractivity contribution in [2.24, 2.45) is 7.05 Å². The summed E-state index contributed by atoms with van der Waals surface area (Å²) >= 11 is 0. The zero-order chi connectivity index (χ0) is 13.3. The molecule has 0 bridgehead atoms. The maximum absolute atomic E-state index is 12.6. The Kier molecular flexibility index (Phi) is 3.11. The van der Waals surface area contributed by atoms with Crippen LogP contribution in [0.3, 0.4) is 0 Å². The first-order valence-corrected chi connectivity index (χ1v) is 5.49. The first-order valence-electron chi connectivity index (χ1n) is 5.49. The van der Waals surface area contributed by atoms with Gasteiger partial charge in [0, 0.05) is 19.0 Å². The van der Waals surface area contributed by atoms with Crippen LogP contribution in [0.1, 0.15) is 18.3 Å². The molecular weight excluding hydrogens is 243 g/mol. The number of rotatable bonds is 2. The highest BCUT2D eigenvalue weighted by Gasteiger charge is 2.30. The molecule has 6 heteroatoms. The van der Waals surface area contributed by atoms with Crippen molar-refractivity contribution in [1.82, 2.24) is 14.8 Å². The van der Waals surface area contributed by atoms with E-state index in [4.69, 9.17) is 0 Å². The van der Waals surface area contributed by atoms with Crippen LogP contribution >= 0.6 is 0 Å². The van der Waals surface area contributed by atoms with Gasteiger partial charge in [-0.1, -0.05) is 19.1 Å². The summed E-state index contributed by atoms with van der Waals surface area (Å²) < 4.78 is 39.3. The van der Waals surface area contributed by atoms with Crippen LogP contribution in [0.5, 0.6) is 0 Å². The monoisotopic (exact) mass is 255 g/mol. The molecule has 2 aromatic rings. The summed E-state index contributed by atoms with van der Waals surface area (Å²) in [6.07, 6.45) is -3.67. The van der Waals surface area contributed by atoms with E-state index in [0.29, 0.717) is 17.8 Å². The summed E-state index contributed by atoms with van der Waals surface area (Å²) in [5.41, 5.74) is -0.314. The second kappa shape index (κ2) is 4.44. The number of nitrogens with zero attached hydrogens (tertiary/aromatic N) is 3. The molecule has 0 unspecified atom stereocenters. The molecule has 18 heavy (non-hydrogen) atoms. The Morgan fingerprint density at radius 3 is 2.56 bits per heavy atom. The molecule has 1 heterocycles. The molecule has 0 aliphatic carbocycles. The minimum atomic E-state index is -4.35. The summed E-state index contributed by atoms with van der Waals surface area (Å²) in [5.74, 6) is 1.06. The number of halogens is 3. The SMILES string of the molecule is CCc1nc(-c2cccc(C(F)(F)F)c2)nn1C. The van der Waals surface area contributed by atoms with E-state index in [0.717, 1.165) is 18.0 Å². The van der Waals surface area contributed by atoms with Crippen molar-refractivity contribution in [3.63, 3.8) is 0 Å². The lowest BCUT2D eigenvalue weighted by Crippen LogP contribution is -2.04. The lowest BCUT2D eigenvalue weighted by Gasteiger charge is -2.06. The molecule has 1 aromatic carbocycles. The molecule has 0 saturated carbocycles. The van der Waals surface area contributed by atoms with Crippen LogP contribution in [0.25, 0.3) is 11.4 Å². The quantitative estimate of drug-likeness (QED) is 0.825. The molecule has 0 saturated heterocycles. The van der Waals surface area contributed by atoms with Gasteiger partial charge in [-0.15, -0.1) is 0 Å². The van der Waals surface area contributed by atoms with Crippen molar-refractivity contribution >= 4 is 0 Å². The molecule has 0 radical (unpaired) electrons. The highest BCUT2D eigenvalue weighted by atomic mass is 19.4. The molecule has 1 aromatic heterocycles. The molecule has 0 fully saturated rings. The van der Waals surface area contributed by atoms with Gasteiger partial charge in [0.2, 0.25) is 0 Å². The number of benzene rings is 1. The van der Waals surface area contributed by atoms with Gasteiger partial charge >= 0.3 is 6.18 Å². The van der Waals surface area contributed by atoms with E-state index in [2.05, 4.69) is 10.1 Å². The maximum Gasteiger partial charge on any atom is 0.416 e. The predicted molar refractivity (Wildman–Crippen MR) is 60.8 cm³/mol. The molecule has 3 nitrogen and oxygen atoms in total. The third-order valence-corrected chi connectivity index (χ3v) is 2.62. The minimum absolute atomic E-state index is 0.320. The molecule has 0 aliphatic rings. The number of aryl methyl sites for hydroxylation is 2. The molecule has 96 valence electrons. The lowest BCUT2D eigenvalue weighted by molar-refractivity contribution is -0.137. The van der Waals surface area contributed by atoms with Gasteiger partial charge in [0.1, 0.15) is 5.82 Å². The zero-order valence-electron chi connectivity index (χ0n) is 9.99. The Labute approximate surface area is 102 Å². The standard InChI is InChI=1S/C12H12F3N3/c1-3-10-16-11(17-18(10)2)8-5-4-6-9(7-8)12(13,14)15/h4-7H,3H2,1-2H3. The van der Waals surface area contributed by atoms with Crippen LogP contribution < -0.4 is 0 Å². The predicted octanol–water partition coefficient (Wildman–Crippen LogP) is 3.06. The summed E-state index contributed by atoms with van der Waals surface area (Å²) in [7, 11) is 1.73. The van der Waals surface area contributed by atoms with Crippen molar-refractivity contribution < 1.29 is 13.2 Å². The molecule has 0 atom stereocenters. The van der Waals surface area contributed by atoms with Crippen LogP contribution in [0.4, 0.5) is 13.2 Å². The van der Waals surface area contributed by atoms with Gasteiger partial charge in [0.25, 0.3) is 0 Å². The van der Waals surface area contributed by atoms with E-state index in [1.54, 1.807) is 17.8 Å². The first-order chi connectivity index (χ1) is 8.41. The molecule has 0 aliphatic heterocycles. The van der Waals surface area contributed by atoms with E-state index in [1.165, 1.54) is 6.07 Å². The van der Waals surface area contributed by atoms with E-state index in [9.17, 15) is 13.2 Å². The smallest absolute Gasteiger partial charge is 0.253 e. The van der Waals surface area contributed by atoms with Crippen LogP contribution in [0, 0.1) is 0 Å².